The van der Waals surface area contributed by atoms with E-state index < -0.39 is 12.0 Å². The molecule has 1 aliphatic heterocycles. The van der Waals surface area contributed by atoms with Crippen molar-refractivity contribution < 1.29 is 14.7 Å². The normalized spacial score (nSPS) is 21.7. The smallest absolute Gasteiger partial charge is 0.326 e. The van der Waals surface area contributed by atoms with Gasteiger partial charge >= 0.3 is 5.97 Å². The minimum Gasteiger partial charge on any atom is -0.480 e. The van der Waals surface area contributed by atoms with Crippen LogP contribution in [0.15, 0.2) is 0 Å². The van der Waals surface area contributed by atoms with Crippen LogP contribution >= 0.6 is 23.5 Å². The molecule has 1 unspecified atom stereocenters. The summed E-state index contributed by atoms with van der Waals surface area (Å²) in [5, 5.41) is 14.5. The summed E-state index contributed by atoms with van der Waals surface area (Å²) < 4.78 is 0. The van der Waals surface area contributed by atoms with Gasteiger partial charge in [0.1, 0.15) is 6.04 Å². The summed E-state index contributed by atoms with van der Waals surface area (Å²) in [7, 11) is 0. The Kier molecular flexibility index (Phi) is 6.00. The maximum absolute atomic E-state index is 11.7. The summed E-state index contributed by atoms with van der Waals surface area (Å²) in [5.41, 5.74) is 0. The highest BCUT2D eigenvalue weighted by Crippen LogP contribution is 2.10. The minimum absolute atomic E-state index is 0.210. The molecule has 0 aliphatic carbocycles. The van der Waals surface area contributed by atoms with Gasteiger partial charge in [-0.3, -0.25) is 10.1 Å². The predicted molar refractivity (Wildman–Crippen MR) is 66.8 cm³/mol. The fourth-order valence-corrected chi connectivity index (χ4v) is 2.74. The van der Waals surface area contributed by atoms with Gasteiger partial charge in [-0.25, -0.2) is 4.79 Å². The van der Waals surface area contributed by atoms with Gasteiger partial charge in [-0.05, 0) is 18.4 Å². The molecule has 0 saturated carbocycles. The molecule has 1 fully saturated rings. The highest BCUT2D eigenvalue weighted by Gasteiger charge is 2.26. The molecular formula is C9H16N2O3S2. The molecule has 3 N–H and O–H groups in total. The van der Waals surface area contributed by atoms with E-state index in [1.165, 1.54) is 0 Å². The molecule has 92 valence electrons. The molecule has 1 aliphatic rings. The van der Waals surface area contributed by atoms with Gasteiger partial charge in [0.25, 0.3) is 0 Å². The zero-order valence-electron chi connectivity index (χ0n) is 9.06. The lowest BCUT2D eigenvalue weighted by Crippen LogP contribution is -2.49. The molecule has 0 bridgehead atoms. The Morgan fingerprint density at radius 3 is 2.94 bits per heavy atom. The Bertz CT molecular complexity index is 257. The molecule has 7 heteroatoms. The summed E-state index contributed by atoms with van der Waals surface area (Å²) in [6, 6.07) is -1.02. The van der Waals surface area contributed by atoms with Crippen LogP contribution in [0.1, 0.15) is 6.42 Å². The van der Waals surface area contributed by atoms with Crippen molar-refractivity contribution in [2.75, 3.05) is 23.6 Å². The van der Waals surface area contributed by atoms with Crippen molar-refractivity contribution >= 4 is 35.4 Å². The first-order valence-electron chi connectivity index (χ1n) is 4.98. The first kappa shape index (κ1) is 13.7. The van der Waals surface area contributed by atoms with E-state index >= 15 is 0 Å². The predicted octanol–water partition coefficient (Wildman–Crippen LogP) is -0.0286. The van der Waals surface area contributed by atoms with Crippen molar-refractivity contribution in [3.63, 3.8) is 0 Å². The molecule has 1 amide bonds. The second-order valence-electron chi connectivity index (χ2n) is 3.45. The molecular weight excluding hydrogens is 248 g/mol. The maximum Gasteiger partial charge on any atom is 0.326 e. The zero-order valence-corrected chi connectivity index (χ0v) is 10.7. The van der Waals surface area contributed by atoms with E-state index in [0.29, 0.717) is 12.2 Å². The van der Waals surface area contributed by atoms with Gasteiger partial charge in [0.2, 0.25) is 5.91 Å². The largest absolute Gasteiger partial charge is 0.480 e. The van der Waals surface area contributed by atoms with Crippen molar-refractivity contribution in [1.82, 2.24) is 10.6 Å². The molecule has 1 heterocycles. The molecule has 0 aromatic rings. The van der Waals surface area contributed by atoms with Crippen LogP contribution in [0.4, 0.5) is 0 Å². The molecule has 16 heavy (non-hydrogen) atoms. The number of hydrogen-bond acceptors (Lipinski definition) is 5. The third-order valence-corrected chi connectivity index (χ3v) is 3.84. The van der Waals surface area contributed by atoms with Gasteiger partial charge in [-0.15, -0.1) is 11.8 Å². The number of nitrogens with one attached hydrogen (secondary N) is 2. The summed E-state index contributed by atoms with van der Waals surface area (Å²) in [6.45, 7) is 0. The molecule has 0 radical (unpaired) electrons. The molecule has 1 rings (SSSR count). The summed E-state index contributed by atoms with van der Waals surface area (Å²) >= 11 is 3.21. The number of rotatable bonds is 6. The van der Waals surface area contributed by atoms with E-state index in [9.17, 15) is 9.59 Å². The number of carbonyl (C=O) groups excluding carboxylic acids is 1. The minimum atomic E-state index is -0.965. The molecule has 1 saturated heterocycles. The third-order valence-electron chi connectivity index (χ3n) is 2.26. The highest BCUT2D eigenvalue weighted by molar-refractivity contribution is 7.99. The second-order valence-corrected chi connectivity index (χ2v) is 5.47. The highest BCUT2D eigenvalue weighted by atomic mass is 32.2. The summed E-state index contributed by atoms with van der Waals surface area (Å²) in [6.07, 6.45) is 2.37. The average molecular weight is 264 g/mol. The van der Waals surface area contributed by atoms with Gasteiger partial charge in [-0.2, -0.15) is 11.8 Å². The van der Waals surface area contributed by atoms with Crippen LogP contribution in [-0.2, 0) is 9.59 Å². The topological polar surface area (TPSA) is 78.4 Å². The van der Waals surface area contributed by atoms with Crippen molar-refractivity contribution in [1.29, 1.82) is 0 Å². The average Bonchev–Trinajstić information content (AvgIpc) is 2.76. The molecule has 0 aromatic carbocycles. The number of carbonyl (C=O) groups is 2. The van der Waals surface area contributed by atoms with E-state index in [1.54, 1.807) is 23.5 Å². The van der Waals surface area contributed by atoms with Crippen LogP contribution in [0.3, 0.4) is 0 Å². The fraction of sp³-hybridized carbons (Fsp3) is 0.778. The number of carboxylic acids is 1. The van der Waals surface area contributed by atoms with Crippen LogP contribution < -0.4 is 10.6 Å². The SMILES string of the molecule is CSCC[C@@H](NC(=O)C1CSCN1)C(=O)O. The number of amides is 1. The van der Waals surface area contributed by atoms with Crippen LogP contribution in [0, 0.1) is 0 Å². The van der Waals surface area contributed by atoms with Crippen LogP contribution in [0.25, 0.3) is 0 Å². The van der Waals surface area contributed by atoms with Gasteiger partial charge < -0.3 is 10.4 Å². The first-order chi connectivity index (χ1) is 7.65. The van der Waals surface area contributed by atoms with Crippen LogP contribution in [0.5, 0.6) is 0 Å². The zero-order chi connectivity index (χ0) is 12.0. The van der Waals surface area contributed by atoms with E-state index in [0.717, 1.165) is 11.6 Å². The lowest BCUT2D eigenvalue weighted by Gasteiger charge is -2.16. The number of carboxylic acid groups (broad SMARTS) is 1. The van der Waals surface area contributed by atoms with Crippen molar-refractivity contribution in [3.8, 4) is 0 Å². The Morgan fingerprint density at radius 2 is 2.44 bits per heavy atom. The Morgan fingerprint density at radius 1 is 1.69 bits per heavy atom. The van der Waals surface area contributed by atoms with Gasteiger partial charge in [-0.1, -0.05) is 0 Å². The lowest BCUT2D eigenvalue weighted by atomic mass is 10.2. The third kappa shape index (κ3) is 4.23. The Hall–Kier alpha value is -0.400. The van der Waals surface area contributed by atoms with Gasteiger partial charge in [0.15, 0.2) is 0 Å². The summed E-state index contributed by atoms with van der Waals surface area (Å²) in [4.78, 5) is 22.6. The number of hydrogen-bond donors (Lipinski definition) is 3. The van der Waals surface area contributed by atoms with Crippen molar-refractivity contribution in [3.05, 3.63) is 0 Å². The lowest BCUT2D eigenvalue weighted by molar-refractivity contribution is -0.142. The number of thioether (sulfide) groups is 2. The summed E-state index contributed by atoms with van der Waals surface area (Å²) in [5.74, 6) is 1.01. The van der Waals surface area contributed by atoms with Gasteiger partial charge in [0, 0.05) is 11.6 Å². The first-order valence-corrected chi connectivity index (χ1v) is 7.53. The molecule has 2 atom stereocenters. The van der Waals surface area contributed by atoms with E-state index in [1.807, 2.05) is 6.26 Å². The number of aliphatic carboxylic acids is 1. The van der Waals surface area contributed by atoms with Crippen LogP contribution in [-0.4, -0.2) is 52.7 Å². The molecule has 0 spiro atoms. The Labute approximate surface area is 103 Å². The standard InChI is InChI=1S/C9H16N2O3S2/c1-15-3-2-6(9(13)14)11-8(12)7-4-16-5-10-7/h6-7,10H,2-5H2,1H3,(H,11,12)(H,13,14)/t6-,7?/m1/s1. The monoisotopic (exact) mass is 264 g/mol. The van der Waals surface area contributed by atoms with E-state index in [-0.39, 0.29) is 11.9 Å². The van der Waals surface area contributed by atoms with Crippen LogP contribution in [0.2, 0.25) is 0 Å². The Balaban J connectivity index is 2.40. The second kappa shape index (κ2) is 7.03. The fourth-order valence-electron chi connectivity index (χ4n) is 1.33. The van der Waals surface area contributed by atoms with Crippen molar-refractivity contribution in [2.24, 2.45) is 0 Å². The van der Waals surface area contributed by atoms with Gasteiger partial charge in [0.05, 0.1) is 6.04 Å². The molecule has 0 aromatic heterocycles. The van der Waals surface area contributed by atoms with Crippen molar-refractivity contribution in [2.45, 2.75) is 18.5 Å². The van der Waals surface area contributed by atoms with E-state index in [2.05, 4.69) is 10.6 Å². The van der Waals surface area contributed by atoms with E-state index in [4.69, 9.17) is 5.11 Å². The molecule has 5 nitrogen and oxygen atoms in total. The maximum atomic E-state index is 11.7. The quantitative estimate of drug-likeness (QED) is 0.625.